The number of unbranched alkanes of at least 4 members (excludes halogenated alkanes) is 1. The number of amides is 1. The summed E-state index contributed by atoms with van der Waals surface area (Å²) in [5.74, 6) is -0.702. The van der Waals surface area contributed by atoms with E-state index < -0.39 is 29.8 Å². The highest BCUT2D eigenvalue weighted by Crippen LogP contribution is 2.19. The van der Waals surface area contributed by atoms with E-state index in [1.807, 2.05) is 30.3 Å². The van der Waals surface area contributed by atoms with Crippen molar-refractivity contribution >= 4 is 12.1 Å². The molecule has 0 fully saturated rings. The molecule has 0 unspecified atom stereocenters. The van der Waals surface area contributed by atoms with Crippen molar-refractivity contribution in [3.63, 3.8) is 0 Å². The van der Waals surface area contributed by atoms with Gasteiger partial charge in [0.1, 0.15) is 12.2 Å². The number of carbonyl (C=O) groups is 2. The van der Waals surface area contributed by atoms with E-state index >= 15 is 0 Å². The fourth-order valence-corrected chi connectivity index (χ4v) is 2.33. The van der Waals surface area contributed by atoms with Crippen LogP contribution in [0.4, 0.5) is 4.79 Å². The maximum absolute atomic E-state index is 12.7. The quantitative estimate of drug-likeness (QED) is 0.456. The first-order valence-corrected chi connectivity index (χ1v) is 8.76. The molecule has 0 aliphatic heterocycles. The molecule has 0 aliphatic carbocycles. The number of alkyl carbamates (subject to hydrolysis) is 1. The normalized spacial score (nSPS) is 13.6. The van der Waals surface area contributed by atoms with Gasteiger partial charge in [0.25, 0.3) is 0 Å². The van der Waals surface area contributed by atoms with Gasteiger partial charge in [0.05, 0.1) is 6.61 Å². The van der Waals surface area contributed by atoms with E-state index in [1.54, 1.807) is 20.8 Å². The minimum Gasteiger partial charge on any atom is -0.459 e. The van der Waals surface area contributed by atoms with Crippen molar-refractivity contribution < 1.29 is 24.2 Å². The van der Waals surface area contributed by atoms with Gasteiger partial charge in [0.15, 0.2) is 5.54 Å². The summed E-state index contributed by atoms with van der Waals surface area (Å²) in [4.78, 5) is 24.8. The van der Waals surface area contributed by atoms with Gasteiger partial charge >= 0.3 is 12.1 Å². The van der Waals surface area contributed by atoms with Gasteiger partial charge in [-0.1, -0.05) is 30.3 Å². The maximum atomic E-state index is 12.7. The number of rotatable bonds is 9. The Bertz CT molecular complexity index is 571. The van der Waals surface area contributed by atoms with Crippen LogP contribution in [0.5, 0.6) is 0 Å². The third kappa shape index (κ3) is 7.41. The summed E-state index contributed by atoms with van der Waals surface area (Å²) in [6, 6.07) is 9.18. The van der Waals surface area contributed by atoms with E-state index in [0.717, 1.165) is 5.56 Å². The van der Waals surface area contributed by atoms with Crippen LogP contribution in [0, 0.1) is 0 Å². The lowest BCUT2D eigenvalue weighted by Crippen LogP contribution is -2.58. The highest BCUT2D eigenvalue weighted by atomic mass is 16.6. The fourth-order valence-electron chi connectivity index (χ4n) is 2.33. The van der Waals surface area contributed by atoms with Gasteiger partial charge < -0.3 is 25.6 Å². The maximum Gasteiger partial charge on any atom is 0.408 e. The Balaban J connectivity index is 2.86. The van der Waals surface area contributed by atoms with Crippen molar-refractivity contribution in [2.75, 3.05) is 13.2 Å². The van der Waals surface area contributed by atoms with E-state index in [9.17, 15) is 14.7 Å². The average molecular weight is 366 g/mol. The Hall–Kier alpha value is -2.12. The number of carbonyl (C=O) groups excluding carboxylic acids is 2. The molecule has 146 valence electrons. The van der Waals surface area contributed by atoms with Crippen LogP contribution in [-0.4, -0.2) is 41.5 Å². The number of aliphatic hydroxyl groups excluding tert-OH is 1. The number of benzene rings is 1. The molecule has 0 bridgehead atoms. The first-order valence-electron chi connectivity index (χ1n) is 8.76. The highest BCUT2D eigenvalue weighted by Gasteiger charge is 2.41. The second-order valence-electron chi connectivity index (χ2n) is 7.17. The predicted octanol–water partition coefficient (Wildman–Crippen LogP) is 2.11. The number of hydrogen-bond donors (Lipinski definition) is 3. The molecular formula is C19H30N2O5. The molecule has 1 aromatic rings. The van der Waals surface area contributed by atoms with Crippen LogP contribution in [0.25, 0.3) is 0 Å². The summed E-state index contributed by atoms with van der Waals surface area (Å²) in [6.45, 7) is 5.06. The second-order valence-corrected chi connectivity index (χ2v) is 7.17. The number of aliphatic hydroxyl groups is 1. The summed E-state index contributed by atoms with van der Waals surface area (Å²) in [5, 5.41) is 12.4. The molecule has 0 radical (unpaired) electrons. The van der Waals surface area contributed by atoms with Crippen LogP contribution in [0.2, 0.25) is 0 Å². The molecule has 1 rings (SSSR count). The standard InChI is InChI=1S/C19H30N2O5/c1-18(2,3)26-17(24)21-19(14-22,11-7-8-12-20)16(23)25-13-15-9-5-4-6-10-15/h4-6,9-10,22H,7-8,11-14,20H2,1-3H3,(H,21,24)/t19-/m0/s1. The third-order valence-corrected chi connectivity index (χ3v) is 3.67. The van der Waals surface area contributed by atoms with Crippen molar-refractivity contribution in [2.24, 2.45) is 5.73 Å². The van der Waals surface area contributed by atoms with Crippen LogP contribution in [0.15, 0.2) is 30.3 Å². The number of ether oxygens (including phenoxy) is 2. The van der Waals surface area contributed by atoms with E-state index in [1.165, 1.54) is 0 Å². The van der Waals surface area contributed by atoms with E-state index in [-0.39, 0.29) is 13.0 Å². The van der Waals surface area contributed by atoms with E-state index in [4.69, 9.17) is 15.2 Å². The van der Waals surface area contributed by atoms with Crippen LogP contribution < -0.4 is 11.1 Å². The Labute approximate surface area is 154 Å². The zero-order valence-electron chi connectivity index (χ0n) is 15.8. The van der Waals surface area contributed by atoms with E-state index in [0.29, 0.717) is 19.4 Å². The second kappa shape index (κ2) is 10.1. The first-order chi connectivity index (χ1) is 12.2. The first kappa shape index (κ1) is 21.9. The molecule has 1 atom stereocenters. The monoisotopic (exact) mass is 366 g/mol. The van der Waals surface area contributed by atoms with Crippen LogP contribution >= 0.6 is 0 Å². The van der Waals surface area contributed by atoms with Crippen molar-refractivity contribution in [1.29, 1.82) is 0 Å². The zero-order chi connectivity index (χ0) is 19.6. The van der Waals surface area contributed by atoms with Gasteiger partial charge in [-0.15, -0.1) is 0 Å². The van der Waals surface area contributed by atoms with Crippen LogP contribution in [0.1, 0.15) is 45.6 Å². The highest BCUT2D eigenvalue weighted by molar-refractivity contribution is 5.86. The number of nitrogens with two attached hydrogens (primary N) is 1. The molecule has 0 aromatic heterocycles. The average Bonchev–Trinajstić information content (AvgIpc) is 2.58. The molecule has 0 spiro atoms. The van der Waals surface area contributed by atoms with Crippen molar-refractivity contribution in [3.05, 3.63) is 35.9 Å². The summed E-state index contributed by atoms with van der Waals surface area (Å²) >= 11 is 0. The predicted molar refractivity (Wildman–Crippen MR) is 98.3 cm³/mol. The van der Waals surface area contributed by atoms with Crippen LogP contribution in [-0.2, 0) is 20.9 Å². The van der Waals surface area contributed by atoms with Crippen molar-refractivity contribution in [1.82, 2.24) is 5.32 Å². The van der Waals surface area contributed by atoms with Gasteiger partial charge in [0, 0.05) is 0 Å². The lowest BCUT2D eigenvalue weighted by atomic mass is 9.93. The summed E-state index contributed by atoms with van der Waals surface area (Å²) in [5.41, 5.74) is 4.03. The number of esters is 1. The zero-order valence-corrected chi connectivity index (χ0v) is 15.8. The topological polar surface area (TPSA) is 111 Å². The summed E-state index contributed by atoms with van der Waals surface area (Å²) in [7, 11) is 0. The molecule has 0 aliphatic rings. The SMILES string of the molecule is CC(C)(C)OC(=O)N[C@](CO)(CCCCN)C(=O)OCc1ccccc1. The number of hydrogen-bond acceptors (Lipinski definition) is 6. The Morgan fingerprint density at radius 2 is 1.81 bits per heavy atom. The van der Waals surface area contributed by atoms with Gasteiger partial charge in [-0.3, -0.25) is 0 Å². The molecular weight excluding hydrogens is 336 g/mol. The van der Waals surface area contributed by atoms with Gasteiger partial charge in [-0.2, -0.15) is 0 Å². The smallest absolute Gasteiger partial charge is 0.408 e. The molecule has 26 heavy (non-hydrogen) atoms. The molecule has 0 heterocycles. The van der Waals surface area contributed by atoms with Crippen molar-refractivity contribution in [2.45, 2.75) is 57.8 Å². The van der Waals surface area contributed by atoms with Gasteiger partial charge in [-0.05, 0) is 52.1 Å². The molecule has 1 amide bonds. The van der Waals surface area contributed by atoms with E-state index in [2.05, 4.69) is 5.32 Å². The Morgan fingerprint density at radius 3 is 2.35 bits per heavy atom. The summed E-state index contributed by atoms with van der Waals surface area (Å²) in [6.07, 6.45) is 0.626. The Kier molecular flexibility index (Phi) is 8.54. The Morgan fingerprint density at radius 1 is 1.15 bits per heavy atom. The number of nitrogens with one attached hydrogen (secondary N) is 1. The van der Waals surface area contributed by atoms with Gasteiger partial charge in [0.2, 0.25) is 0 Å². The molecule has 4 N–H and O–H groups in total. The largest absolute Gasteiger partial charge is 0.459 e. The molecule has 1 aromatic carbocycles. The van der Waals surface area contributed by atoms with Crippen molar-refractivity contribution in [3.8, 4) is 0 Å². The van der Waals surface area contributed by atoms with Crippen LogP contribution in [0.3, 0.4) is 0 Å². The molecule has 7 nitrogen and oxygen atoms in total. The van der Waals surface area contributed by atoms with Gasteiger partial charge in [-0.25, -0.2) is 9.59 Å². The summed E-state index contributed by atoms with van der Waals surface area (Å²) < 4.78 is 10.6. The lowest BCUT2D eigenvalue weighted by Gasteiger charge is -2.32. The minimum absolute atomic E-state index is 0.0499. The minimum atomic E-state index is -1.56. The third-order valence-electron chi connectivity index (χ3n) is 3.67. The lowest BCUT2D eigenvalue weighted by molar-refractivity contribution is -0.155. The fraction of sp³-hybridized carbons (Fsp3) is 0.579. The molecule has 0 saturated carbocycles. The molecule has 7 heteroatoms. The molecule has 0 saturated heterocycles.